The lowest BCUT2D eigenvalue weighted by atomic mass is 9.85. The van der Waals surface area contributed by atoms with Gasteiger partial charge in [-0.1, -0.05) is 6.42 Å². The SMILES string of the molecule is CO[C@]1(C(Cl)Cl)CCC[C@H]2C[C@@H]21. The summed E-state index contributed by atoms with van der Waals surface area (Å²) in [6.07, 6.45) is 4.85. The van der Waals surface area contributed by atoms with Gasteiger partial charge >= 0.3 is 0 Å². The predicted octanol–water partition coefficient (Wildman–Crippen LogP) is 3.00. The summed E-state index contributed by atoms with van der Waals surface area (Å²) in [6, 6.07) is 0. The van der Waals surface area contributed by atoms with Crippen LogP contribution in [0.3, 0.4) is 0 Å². The van der Waals surface area contributed by atoms with Gasteiger partial charge in [0.15, 0.2) is 0 Å². The average molecular weight is 209 g/mol. The third-order valence-electron chi connectivity index (χ3n) is 3.44. The molecule has 3 atom stereocenters. The van der Waals surface area contributed by atoms with Crippen molar-refractivity contribution < 1.29 is 4.74 Å². The van der Waals surface area contributed by atoms with E-state index in [1.165, 1.54) is 19.3 Å². The highest BCUT2D eigenvalue weighted by atomic mass is 35.5. The molecule has 1 nitrogen and oxygen atoms in total. The van der Waals surface area contributed by atoms with Gasteiger partial charge in [-0.15, -0.1) is 23.2 Å². The van der Waals surface area contributed by atoms with Gasteiger partial charge in [-0.05, 0) is 31.1 Å². The summed E-state index contributed by atoms with van der Waals surface area (Å²) in [5.74, 6) is 1.48. The maximum absolute atomic E-state index is 5.98. The average Bonchev–Trinajstić information content (AvgIpc) is 2.81. The second-order valence-corrected chi connectivity index (χ2v) is 5.05. The molecule has 2 saturated carbocycles. The summed E-state index contributed by atoms with van der Waals surface area (Å²) in [5, 5.41) is 0. The number of fused-ring (bicyclic) bond motifs is 1. The van der Waals surface area contributed by atoms with E-state index in [2.05, 4.69) is 0 Å². The second-order valence-electron chi connectivity index (χ2n) is 3.95. The molecule has 3 heteroatoms. The Hall–Kier alpha value is 0.540. The van der Waals surface area contributed by atoms with E-state index < -0.39 is 0 Å². The minimum Gasteiger partial charge on any atom is -0.375 e. The minimum absolute atomic E-state index is 0.216. The van der Waals surface area contributed by atoms with Crippen LogP contribution in [0, 0.1) is 11.8 Å². The summed E-state index contributed by atoms with van der Waals surface area (Å²) in [5.41, 5.74) is -0.216. The third-order valence-corrected chi connectivity index (χ3v) is 4.18. The Kier molecular flexibility index (Phi) is 2.31. The van der Waals surface area contributed by atoms with Crippen molar-refractivity contribution in [2.24, 2.45) is 11.8 Å². The molecule has 0 bridgehead atoms. The molecule has 2 fully saturated rings. The maximum Gasteiger partial charge on any atom is 0.136 e. The predicted molar refractivity (Wildman–Crippen MR) is 50.7 cm³/mol. The smallest absolute Gasteiger partial charge is 0.136 e. The molecule has 0 aromatic carbocycles. The molecule has 0 spiro atoms. The number of rotatable bonds is 2. The number of methoxy groups -OCH3 is 1. The normalized spacial score (nSPS) is 46.0. The summed E-state index contributed by atoms with van der Waals surface area (Å²) in [6.45, 7) is 0. The standard InChI is InChI=1S/C9H14Cl2O/c1-12-9(8(10)11)4-2-3-6-5-7(6)9/h6-8H,2-5H2,1H3/t6-,7-,9+/m0/s1. The van der Waals surface area contributed by atoms with E-state index in [9.17, 15) is 0 Å². The molecule has 70 valence electrons. The van der Waals surface area contributed by atoms with E-state index in [0.29, 0.717) is 5.92 Å². The number of hydrogen-bond donors (Lipinski definition) is 0. The number of halogens is 2. The summed E-state index contributed by atoms with van der Waals surface area (Å²) < 4.78 is 5.53. The molecule has 0 heterocycles. The molecular formula is C9H14Cl2O. The van der Waals surface area contributed by atoms with Crippen molar-refractivity contribution in [3.05, 3.63) is 0 Å². The highest BCUT2D eigenvalue weighted by molar-refractivity contribution is 6.45. The van der Waals surface area contributed by atoms with Crippen LogP contribution < -0.4 is 0 Å². The van der Waals surface area contributed by atoms with Gasteiger partial charge in [0, 0.05) is 7.11 Å². The molecule has 0 aliphatic heterocycles. The Morgan fingerprint density at radius 3 is 2.75 bits per heavy atom. The first kappa shape index (κ1) is 9.11. The van der Waals surface area contributed by atoms with E-state index in [1.807, 2.05) is 0 Å². The van der Waals surface area contributed by atoms with Gasteiger partial charge in [-0.3, -0.25) is 0 Å². The number of hydrogen-bond acceptors (Lipinski definition) is 1. The van der Waals surface area contributed by atoms with Crippen molar-refractivity contribution in [3.8, 4) is 0 Å². The van der Waals surface area contributed by atoms with Crippen molar-refractivity contribution in [2.75, 3.05) is 7.11 Å². The minimum atomic E-state index is -0.363. The van der Waals surface area contributed by atoms with Crippen molar-refractivity contribution in [3.63, 3.8) is 0 Å². The van der Waals surface area contributed by atoms with Crippen LogP contribution in [0.5, 0.6) is 0 Å². The fourth-order valence-electron chi connectivity index (χ4n) is 2.60. The van der Waals surface area contributed by atoms with E-state index >= 15 is 0 Å². The van der Waals surface area contributed by atoms with E-state index in [4.69, 9.17) is 27.9 Å². The van der Waals surface area contributed by atoms with Gasteiger partial charge in [0.2, 0.25) is 0 Å². The fraction of sp³-hybridized carbons (Fsp3) is 1.00. The highest BCUT2D eigenvalue weighted by Crippen LogP contribution is 2.58. The van der Waals surface area contributed by atoms with Gasteiger partial charge in [0.25, 0.3) is 0 Å². The molecule has 0 N–H and O–H groups in total. The van der Waals surface area contributed by atoms with Crippen molar-refractivity contribution in [1.29, 1.82) is 0 Å². The number of alkyl halides is 2. The molecule has 2 aliphatic carbocycles. The summed E-state index contributed by atoms with van der Waals surface area (Å²) in [7, 11) is 1.73. The molecule has 0 amide bonds. The van der Waals surface area contributed by atoms with Crippen molar-refractivity contribution in [2.45, 2.75) is 36.1 Å². The van der Waals surface area contributed by atoms with Crippen LogP contribution in [0.1, 0.15) is 25.7 Å². The van der Waals surface area contributed by atoms with Gasteiger partial charge in [0.05, 0.1) is 0 Å². The monoisotopic (exact) mass is 208 g/mol. The van der Waals surface area contributed by atoms with Gasteiger partial charge in [-0.25, -0.2) is 0 Å². The Bertz CT molecular complexity index is 183. The van der Waals surface area contributed by atoms with Crippen LogP contribution >= 0.6 is 23.2 Å². The van der Waals surface area contributed by atoms with Crippen LogP contribution in [0.25, 0.3) is 0 Å². The first-order valence-electron chi connectivity index (χ1n) is 4.54. The Balaban J connectivity index is 2.15. The molecule has 0 aromatic rings. The lowest BCUT2D eigenvalue weighted by Crippen LogP contribution is -2.43. The lowest BCUT2D eigenvalue weighted by molar-refractivity contribution is -0.0408. The molecule has 2 rings (SSSR count). The molecule has 0 radical (unpaired) electrons. The topological polar surface area (TPSA) is 9.23 Å². The molecule has 0 saturated heterocycles. The van der Waals surface area contributed by atoms with Crippen LogP contribution in [0.2, 0.25) is 0 Å². The van der Waals surface area contributed by atoms with Gasteiger partial charge in [0.1, 0.15) is 10.4 Å². The Labute approximate surface area is 83.4 Å². The van der Waals surface area contributed by atoms with Gasteiger partial charge in [-0.2, -0.15) is 0 Å². The third kappa shape index (κ3) is 1.18. The molecule has 2 aliphatic rings. The lowest BCUT2D eigenvalue weighted by Gasteiger charge is -2.37. The second kappa shape index (κ2) is 3.04. The van der Waals surface area contributed by atoms with E-state index in [-0.39, 0.29) is 10.4 Å². The first-order valence-corrected chi connectivity index (χ1v) is 5.41. The van der Waals surface area contributed by atoms with E-state index in [0.717, 1.165) is 12.3 Å². The summed E-state index contributed by atoms with van der Waals surface area (Å²) in [4.78, 5) is -0.363. The molecule has 12 heavy (non-hydrogen) atoms. The maximum atomic E-state index is 5.98. The van der Waals surface area contributed by atoms with Crippen LogP contribution in [-0.2, 0) is 4.74 Å². The fourth-order valence-corrected chi connectivity index (χ4v) is 3.32. The van der Waals surface area contributed by atoms with Crippen molar-refractivity contribution in [1.82, 2.24) is 0 Å². The highest BCUT2D eigenvalue weighted by Gasteiger charge is 2.58. The van der Waals surface area contributed by atoms with Crippen LogP contribution in [0.15, 0.2) is 0 Å². The molecular weight excluding hydrogens is 195 g/mol. The molecule has 0 aromatic heterocycles. The zero-order valence-electron chi connectivity index (χ0n) is 7.22. The van der Waals surface area contributed by atoms with Gasteiger partial charge < -0.3 is 4.74 Å². The van der Waals surface area contributed by atoms with Crippen molar-refractivity contribution >= 4 is 23.2 Å². The zero-order valence-corrected chi connectivity index (χ0v) is 8.74. The Morgan fingerprint density at radius 1 is 1.50 bits per heavy atom. The first-order chi connectivity index (χ1) is 5.70. The molecule has 0 unspecified atom stereocenters. The number of ether oxygens (including phenoxy) is 1. The van der Waals surface area contributed by atoms with E-state index in [1.54, 1.807) is 7.11 Å². The Morgan fingerprint density at radius 2 is 2.25 bits per heavy atom. The van der Waals surface area contributed by atoms with Crippen LogP contribution in [0.4, 0.5) is 0 Å². The largest absolute Gasteiger partial charge is 0.375 e. The zero-order chi connectivity index (χ0) is 8.77. The quantitative estimate of drug-likeness (QED) is 0.635. The van der Waals surface area contributed by atoms with Crippen LogP contribution in [-0.4, -0.2) is 17.5 Å². The summed E-state index contributed by atoms with van der Waals surface area (Å²) >= 11 is 12.0.